The molecule has 0 saturated heterocycles. The molecule has 0 radical (unpaired) electrons. The minimum atomic E-state index is -0.901. The molecule has 0 aromatic rings. The Morgan fingerprint density at radius 3 is 2.82 bits per heavy atom. The maximum atomic E-state index is 10.8. The zero-order valence-electron chi connectivity index (χ0n) is 6.45. The predicted octanol–water partition coefficient (Wildman–Crippen LogP) is 0.0174. The van der Waals surface area contributed by atoms with Crippen molar-refractivity contribution in [3.63, 3.8) is 0 Å². The Morgan fingerprint density at radius 2 is 2.27 bits per heavy atom. The molecule has 1 rings (SSSR count). The molecule has 2 N–H and O–H groups in total. The Morgan fingerprint density at radius 1 is 1.64 bits per heavy atom. The van der Waals surface area contributed by atoms with Crippen LogP contribution in [0.2, 0.25) is 0 Å². The number of ketones is 1. The van der Waals surface area contributed by atoms with Crippen LogP contribution >= 0.6 is 0 Å². The second-order valence-corrected chi connectivity index (χ2v) is 2.76. The maximum Gasteiger partial charge on any atom is 0.158 e. The fourth-order valence-corrected chi connectivity index (χ4v) is 1.23. The van der Waals surface area contributed by atoms with Crippen molar-refractivity contribution >= 4 is 5.78 Å². The molecule has 0 heterocycles. The SMILES string of the molecule is CCC1=CC(=O)CC(O)C1O. The second-order valence-electron chi connectivity index (χ2n) is 2.76. The minimum Gasteiger partial charge on any atom is -0.390 e. The van der Waals surface area contributed by atoms with Gasteiger partial charge in [0.05, 0.1) is 6.10 Å². The quantitative estimate of drug-likeness (QED) is 0.562. The molecular weight excluding hydrogens is 144 g/mol. The second kappa shape index (κ2) is 3.15. The average Bonchev–Trinajstić information content (AvgIpc) is 1.96. The van der Waals surface area contributed by atoms with Crippen LogP contribution in [0.25, 0.3) is 0 Å². The number of rotatable bonds is 1. The first-order valence-electron chi connectivity index (χ1n) is 3.74. The van der Waals surface area contributed by atoms with E-state index in [4.69, 9.17) is 5.11 Å². The van der Waals surface area contributed by atoms with Crippen molar-refractivity contribution in [2.75, 3.05) is 0 Å². The highest BCUT2D eigenvalue weighted by Gasteiger charge is 2.26. The highest BCUT2D eigenvalue weighted by atomic mass is 16.3. The topological polar surface area (TPSA) is 57.5 Å². The van der Waals surface area contributed by atoms with Crippen LogP contribution in [-0.4, -0.2) is 28.2 Å². The Labute approximate surface area is 65.3 Å². The van der Waals surface area contributed by atoms with Gasteiger partial charge in [-0.15, -0.1) is 0 Å². The third kappa shape index (κ3) is 1.67. The number of allylic oxidation sites excluding steroid dienone is 1. The zero-order valence-corrected chi connectivity index (χ0v) is 6.45. The smallest absolute Gasteiger partial charge is 0.158 e. The molecule has 3 heteroatoms. The van der Waals surface area contributed by atoms with E-state index < -0.39 is 12.2 Å². The standard InChI is InChI=1S/C8H12O3/c1-2-5-3-6(9)4-7(10)8(5)11/h3,7-8,10-11H,2,4H2,1H3. The lowest BCUT2D eigenvalue weighted by Crippen LogP contribution is -2.33. The molecule has 2 unspecified atom stereocenters. The molecule has 0 aliphatic heterocycles. The molecule has 0 aromatic heterocycles. The number of aliphatic hydroxyl groups is 2. The van der Waals surface area contributed by atoms with E-state index in [1.165, 1.54) is 6.08 Å². The van der Waals surface area contributed by atoms with Gasteiger partial charge in [-0.25, -0.2) is 0 Å². The van der Waals surface area contributed by atoms with Crippen LogP contribution in [0.4, 0.5) is 0 Å². The summed E-state index contributed by atoms with van der Waals surface area (Å²) in [5.41, 5.74) is 0.633. The van der Waals surface area contributed by atoms with Crippen molar-refractivity contribution in [2.24, 2.45) is 0 Å². The summed E-state index contributed by atoms with van der Waals surface area (Å²) in [5, 5.41) is 18.4. The van der Waals surface area contributed by atoms with Crippen LogP contribution in [0, 0.1) is 0 Å². The number of hydrogen-bond donors (Lipinski definition) is 2. The number of carbonyl (C=O) groups is 1. The Balaban J connectivity index is 2.81. The lowest BCUT2D eigenvalue weighted by Gasteiger charge is -2.23. The van der Waals surface area contributed by atoms with Crippen LogP contribution in [0.15, 0.2) is 11.6 Å². The normalized spacial score (nSPS) is 31.9. The summed E-state index contributed by atoms with van der Waals surface area (Å²) >= 11 is 0. The van der Waals surface area contributed by atoms with Gasteiger partial charge in [-0.05, 0) is 18.1 Å². The summed E-state index contributed by atoms with van der Waals surface area (Å²) in [4.78, 5) is 10.8. The average molecular weight is 156 g/mol. The highest BCUT2D eigenvalue weighted by Crippen LogP contribution is 2.18. The molecule has 1 aliphatic carbocycles. The molecule has 0 spiro atoms. The van der Waals surface area contributed by atoms with Gasteiger partial charge in [0.15, 0.2) is 5.78 Å². The van der Waals surface area contributed by atoms with Gasteiger partial charge < -0.3 is 10.2 Å². The third-order valence-electron chi connectivity index (χ3n) is 1.91. The molecule has 0 fully saturated rings. The van der Waals surface area contributed by atoms with Crippen molar-refractivity contribution < 1.29 is 15.0 Å². The van der Waals surface area contributed by atoms with E-state index >= 15 is 0 Å². The van der Waals surface area contributed by atoms with E-state index in [-0.39, 0.29) is 12.2 Å². The van der Waals surface area contributed by atoms with Crippen molar-refractivity contribution in [1.29, 1.82) is 0 Å². The fraction of sp³-hybridized carbons (Fsp3) is 0.625. The third-order valence-corrected chi connectivity index (χ3v) is 1.91. The fourth-order valence-electron chi connectivity index (χ4n) is 1.23. The molecule has 0 saturated carbocycles. The van der Waals surface area contributed by atoms with E-state index in [2.05, 4.69) is 0 Å². The largest absolute Gasteiger partial charge is 0.390 e. The van der Waals surface area contributed by atoms with Gasteiger partial charge in [-0.2, -0.15) is 0 Å². The Hall–Kier alpha value is -0.670. The first kappa shape index (κ1) is 8.43. The van der Waals surface area contributed by atoms with E-state index in [1.54, 1.807) is 0 Å². The van der Waals surface area contributed by atoms with E-state index in [9.17, 15) is 9.90 Å². The number of aliphatic hydroxyl groups excluding tert-OH is 2. The summed E-state index contributed by atoms with van der Waals surface area (Å²) in [6.45, 7) is 1.85. The van der Waals surface area contributed by atoms with E-state index in [0.29, 0.717) is 12.0 Å². The Bertz CT molecular complexity index is 196. The monoisotopic (exact) mass is 156 g/mol. The molecule has 62 valence electrons. The first-order chi connectivity index (χ1) is 5.15. The van der Waals surface area contributed by atoms with Crippen molar-refractivity contribution in [3.05, 3.63) is 11.6 Å². The maximum absolute atomic E-state index is 10.8. The molecule has 2 atom stereocenters. The van der Waals surface area contributed by atoms with Crippen LogP contribution in [0.3, 0.4) is 0 Å². The molecule has 0 aromatic carbocycles. The Kier molecular flexibility index (Phi) is 2.42. The van der Waals surface area contributed by atoms with Crippen LogP contribution in [0.5, 0.6) is 0 Å². The molecule has 0 amide bonds. The summed E-state index contributed by atoms with van der Waals surface area (Å²) in [7, 11) is 0. The highest BCUT2D eigenvalue weighted by molar-refractivity contribution is 5.92. The zero-order chi connectivity index (χ0) is 8.43. The molecule has 3 nitrogen and oxygen atoms in total. The first-order valence-corrected chi connectivity index (χ1v) is 3.74. The summed E-state index contributed by atoms with van der Waals surface area (Å²) in [6.07, 6.45) is 0.353. The van der Waals surface area contributed by atoms with Crippen LogP contribution < -0.4 is 0 Å². The minimum absolute atomic E-state index is 0.0463. The molecule has 11 heavy (non-hydrogen) atoms. The van der Waals surface area contributed by atoms with Crippen molar-refractivity contribution in [1.82, 2.24) is 0 Å². The molecular formula is C8H12O3. The predicted molar refractivity (Wildman–Crippen MR) is 40.0 cm³/mol. The van der Waals surface area contributed by atoms with Crippen LogP contribution in [-0.2, 0) is 4.79 Å². The van der Waals surface area contributed by atoms with Gasteiger partial charge in [0.1, 0.15) is 6.10 Å². The van der Waals surface area contributed by atoms with E-state index in [0.717, 1.165) is 0 Å². The summed E-state index contributed by atoms with van der Waals surface area (Å²) in [6, 6.07) is 0. The lowest BCUT2D eigenvalue weighted by atomic mass is 9.91. The van der Waals surface area contributed by atoms with Gasteiger partial charge >= 0.3 is 0 Å². The van der Waals surface area contributed by atoms with Gasteiger partial charge in [-0.3, -0.25) is 4.79 Å². The molecule has 0 bridgehead atoms. The number of carbonyl (C=O) groups excluding carboxylic acids is 1. The van der Waals surface area contributed by atoms with Gasteiger partial charge in [0, 0.05) is 6.42 Å². The van der Waals surface area contributed by atoms with Crippen LogP contribution in [0.1, 0.15) is 19.8 Å². The molecule has 1 aliphatic rings. The number of hydrogen-bond acceptors (Lipinski definition) is 3. The van der Waals surface area contributed by atoms with Crippen molar-refractivity contribution in [3.8, 4) is 0 Å². The van der Waals surface area contributed by atoms with E-state index in [1.807, 2.05) is 6.92 Å². The summed E-state index contributed by atoms with van der Waals surface area (Å²) in [5.74, 6) is -0.0975. The van der Waals surface area contributed by atoms with Crippen molar-refractivity contribution in [2.45, 2.75) is 32.0 Å². The van der Waals surface area contributed by atoms with Gasteiger partial charge in [0.25, 0.3) is 0 Å². The van der Waals surface area contributed by atoms with Gasteiger partial charge in [-0.1, -0.05) is 6.92 Å². The van der Waals surface area contributed by atoms with Gasteiger partial charge in [0.2, 0.25) is 0 Å². The summed E-state index contributed by atoms with van der Waals surface area (Å²) < 4.78 is 0. The lowest BCUT2D eigenvalue weighted by molar-refractivity contribution is -0.119.